The van der Waals surface area contributed by atoms with Crippen molar-refractivity contribution < 1.29 is 18.0 Å². The number of halogens is 4. The molecule has 1 fully saturated rings. The van der Waals surface area contributed by atoms with E-state index in [0.717, 1.165) is 43.6 Å². The summed E-state index contributed by atoms with van der Waals surface area (Å²) >= 11 is 0. The Hall–Kier alpha value is -1.27. The minimum Gasteiger partial charge on any atom is -0.352 e. The van der Waals surface area contributed by atoms with Gasteiger partial charge in [-0.3, -0.25) is 4.79 Å². The van der Waals surface area contributed by atoms with Gasteiger partial charge in [0.1, 0.15) is 0 Å². The Labute approximate surface area is 140 Å². The van der Waals surface area contributed by atoms with Crippen molar-refractivity contribution in [3.8, 4) is 0 Å². The smallest absolute Gasteiger partial charge is 0.352 e. The number of amides is 1. The minimum absolute atomic E-state index is 0. The van der Waals surface area contributed by atoms with E-state index in [-0.39, 0.29) is 36.7 Å². The summed E-state index contributed by atoms with van der Waals surface area (Å²) in [5.74, 6) is -0.167. The molecule has 1 aliphatic rings. The molecule has 0 aromatic heterocycles. The summed E-state index contributed by atoms with van der Waals surface area (Å²) in [7, 11) is 0. The van der Waals surface area contributed by atoms with Gasteiger partial charge in [-0.25, -0.2) is 0 Å². The normalized spacial score (nSPS) is 19.6. The first-order valence-electron chi connectivity index (χ1n) is 7.53. The van der Waals surface area contributed by atoms with Crippen LogP contribution in [0.4, 0.5) is 13.2 Å². The molecule has 2 N–H and O–H groups in total. The van der Waals surface area contributed by atoms with Crippen LogP contribution in [-0.2, 0) is 11.0 Å². The van der Waals surface area contributed by atoms with Crippen molar-refractivity contribution in [1.82, 2.24) is 10.6 Å². The lowest BCUT2D eigenvalue weighted by Gasteiger charge is -2.24. The van der Waals surface area contributed by atoms with Crippen LogP contribution in [0.15, 0.2) is 24.3 Å². The van der Waals surface area contributed by atoms with Crippen LogP contribution in [-0.4, -0.2) is 25.0 Å². The maximum atomic E-state index is 12.5. The van der Waals surface area contributed by atoms with Crippen LogP contribution in [0.3, 0.4) is 0 Å². The molecule has 0 radical (unpaired) electrons. The standard InChI is InChI=1S/C16H21F3N2O.ClH/c1-11(9-15(22)21-14-3-2-8-20-10-14)12-4-6-13(7-5-12)16(17,18)19;/h4-7,11,14,20H,2-3,8-10H2,1H3,(H,21,22);1H. The Morgan fingerprint density at radius 1 is 1.35 bits per heavy atom. The summed E-state index contributed by atoms with van der Waals surface area (Å²) in [6.07, 6.45) is -2.04. The predicted molar refractivity (Wildman–Crippen MR) is 85.8 cm³/mol. The minimum atomic E-state index is -4.33. The summed E-state index contributed by atoms with van der Waals surface area (Å²) in [5, 5.41) is 6.20. The van der Waals surface area contributed by atoms with E-state index in [4.69, 9.17) is 0 Å². The summed E-state index contributed by atoms with van der Waals surface area (Å²) in [6, 6.07) is 5.18. The molecule has 0 aliphatic carbocycles. The van der Waals surface area contributed by atoms with Crippen LogP contribution in [0.1, 0.15) is 43.2 Å². The quantitative estimate of drug-likeness (QED) is 0.872. The third-order valence-corrected chi connectivity index (χ3v) is 3.96. The van der Waals surface area contributed by atoms with Gasteiger partial charge in [-0.2, -0.15) is 13.2 Å². The van der Waals surface area contributed by atoms with E-state index in [1.165, 1.54) is 12.1 Å². The second kappa shape index (κ2) is 8.55. The summed E-state index contributed by atoms with van der Waals surface area (Å²) in [5.41, 5.74) is 0.0751. The van der Waals surface area contributed by atoms with Crippen molar-refractivity contribution in [3.05, 3.63) is 35.4 Å². The molecule has 1 saturated heterocycles. The molecule has 1 aromatic carbocycles. The number of carbonyl (C=O) groups is 1. The highest BCUT2D eigenvalue weighted by Crippen LogP contribution is 2.30. The number of rotatable bonds is 4. The van der Waals surface area contributed by atoms with Crippen LogP contribution in [0, 0.1) is 0 Å². The van der Waals surface area contributed by atoms with Crippen LogP contribution in [0.25, 0.3) is 0 Å². The van der Waals surface area contributed by atoms with Gasteiger partial charge in [0.15, 0.2) is 0 Å². The Morgan fingerprint density at radius 2 is 2.00 bits per heavy atom. The number of carbonyl (C=O) groups excluding carboxylic acids is 1. The Balaban J connectivity index is 0.00000264. The van der Waals surface area contributed by atoms with Crippen molar-refractivity contribution in [1.29, 1.82) is 0 Å². The van der Waals surface area contributed by atoms with Crippen LogP contribution in [0.5, 0.6) is 0 Å². The van der Waals surface area contributed by atoms with Gasteiger partial charge in [0, 0.05) is 19.0 Å². The van der Waals surface area contributed by atoms with Gasteiger partial charge in [0.2, 0.25) is 5.91 Å². The molecule has 130 valence electrons. The predicted octanol–water partition coefficient (Wildman–Crippen LogP) is 3.49. The molecule has 0 spiro atoms. The molecule has 23 heavy (non-hydrogen) atoms. The van der Waals surface area contributed by atoms with Gasteiger partial charge in [0.25, 0.3) is 0 Å². The van der Waals surface area contributed by atoms with E-state index < -0.39 is 11.7 Å². The van der Waals surface area contributed by atoms with E-state index in [1.807, 2.05) is 6.92 Å². The van der Waals surface area contributed by atoms with Crippen molar-refractivity contribution in [2.45, 2.75) is 44.3 Å². The topological polar surface area (TPSA) is 41.1 Å². The van der Waals surface area contributed by atoms with Crippen molar-refractivity contribution in [3.63, 3.8) is 0 Å². The molecule has 0 bridgehead atoms. The molecule has 3 nitrogen and oxygen atoms in total. The van der Waals surface area contributed by atoms with Crippen molar-refractivity contribution in [2.24, 2.45) is 0 Å². The van der Waals surface area contributed by atoms with Gasteiger partial charge in [-0.05, 0) is 43.0 Å². The second-order valence-electron chi connectivity index (χ2n) is 5.84. The summed E-state index contributed by atoms with van der Waals surface area (Å²) in [4.78, 5) is 12.0. The highest BCUT2D eigenvalue weighted by Gasteiger charge is 2.30. The van der Waals surface area contributed by atoms with E-state index in [1.54, 1.807) is 0 Å². The lowest BCUT2D eigenvalue weighted by atomic mass is 9.96. The zero-order chi connectivity index (χ0) is 16.2. The molecule has 1 amide bonds. The first kappa shape index (κ1) is 19.8. The fraction of sp³-hybridized carbons (Fsp3) is 0.562. The highest BCUT2D eigenvalue weighted by atomic mass is 35.5. The molecule has 1 aromatic rings. The van der Waals surface area contributed by atoms with Crippen LogP contribution < -0.4 is 10.6 Å². The Morgan fingerprint density at radius 3 is 2.52 bits per heavy atom. The molecule has 7 heteroatoms. The third kappa shape index (κ3) is 6.03. The first-order chi connectivity index (χ1) is 10.4. The SMILES string of the molecule is CC(CC(=O)NC1CCCNC1)c1ccc(C(F)(F)F)cc1.Cl. The van der Waals surface area contributed by atoms with Gasteiger partial charge in [0.05, 0.1) is 5.56 Å². The maximum Gasteiger partial charge on any atom is 0.416 e. The number of hydrogen-bond acceptors (Lipinski definition) is 2. The van der Waals surface area contributed by atoms with Gasteiger partial charge >= 0.3 is 6.18 Å². The Bertz CT molecular complexity index is 499. The van der Waals surface area contributed by atoms with E-state index in [2.05, 4.69) is 10.6 Å². The lowest BCUT2D eigenvalue weighted by Crippen LogP contribution is -2.45. The fourth-order valence-electron chi connectivity index (χ4n) is 2.66. The molecular weight excluding hydrogens is 329 g/mol. The van der Waals surface area contributed by atoms with Gasteiger partial charge < -0.3 is 10.6 Å². The number of benzene rings is 1. The molecular formula is C16H22ClF3N2O. The van der Waals surface area contributed by atoms with E-state index >= 15 is 0 Å². The molecule has 2 unspecified atom stereocenters. The average Bonchev–Trinajstić information content (AvgIpc) is 2.47. The van der Waals surface area contributed by atoms with E-state index in [0.29, 0.717) is 0 Å². The third-order valence-electron chi connectivity index (χ3n) is 3.96. The molecule has 2 rings (SSSR count). The van der Waals surface area contributed by atoms with E-state index in [9.17, 15) is 18.0 Å². The highest BCUT2D eigenvalue weighted by molar-refractivity contribution is 5.85. The largest absolute Gasteiger partial charge is 0.416 e. The molecule has 0 saturated carbocycles. The summed E-state index contributed by atoms with van der Waals surface area (Å²) < 4.78 is 37.6. The monoisotopic (exact) mass is 350 g/mol. The van der Waals surface area contributed by atoms with Crippen molar-refractivity contribution >= 4 is 18.3 Å². The zero-order valence-corrected chi connectivity index (χ0v) is 13.8. The van der Waals surface area contributed by atoms with Crippen LogP contribution >= 0.6 is 12.4 Å². The molecule has 2 atom stereocenters. The van der Waals surface area contributed by atoms with Crippen LogP contribution in [0.2, 0.25) is 0 Å². The maximum absolute atomic E-state index is 12.5. The lowest BCUT2D eigenvalue weighted by molar-refractivity contribution is -0.137. The fourth-order valence-corrected chi connectivity index (χ4v) is 2.66. The van der Waals surface area contributed by atoms with Gasteiger partial charge in [-0.1, -0.05) is 19.1 Å². The number of hydrogen-bond donors (Lipinski definition) is 2. The van der Waals surface area contributed by atoms with Gasteiger partial charge in [-0.15, -0.1) is 12.4 Å². The van der Waals surface area contributed by atoms with Crippen molar-refractivity contribution in [2.75, 3.05) is 13.1 Å². The number of piperidine rings is 1. The first-order valence-corrected chi connectivity index (χ1v) is 7.53. The Kier molecular flexibility index (Phi) is 7.35. The second-order valence-corrected chi connectivity index (χ2v) is 5.84. The average molecular weight is 351 g/mol. The zero-order valence-electron chi connectivity index (χ0n) is 13.0. The number of alkyl halides is 3. The summed E-state index contributed by atoms with van der Waals surface area (Å²) in [6.45, 7) is 3.61. The molecule has 1 heterocycles. The number of nitrogens with one attached hydrogen (secondary N) is 2. The molecule has 1 aliphatic heterocycles.